The number of aromatic nitrogens is 2. The Labute approximate surface area is 172 Å². The van der Waals surface area contributed by atoms with E-state index in [0.29, 0.717) is 10.6 Å². The number of thioether (sulfide) groups is 1. The zero-order valence-corrected chi connectivity index (χ0v) is 16.1. The molecule has 1 amide bonds. The normalized spacial score (nSPS) is 11.3. The summed E-state index contributed by atoms with van der Waals surface area (Å²) in [5.41, 5.74) is 0.809. The molecule has 0 saturated heterocycles. The van der Waals surface area contributed by atoms with E-state index in [2.05, 4.69) is 15.5 Å². The summed E-state index contributed by atoms with van der Waals surface area (Å²) in [5, 5.41) is 11.0. The zero-order chi connectivity index (χ0) is 20.9. The van der Waals surface area contributed by atoms with Gasteiger partial charge >= 0.3 is 6.18 Å². The number of rotatable bonds is 7. The van der Waals surface area contributed by atoms with Gasteiger partial charge in [0.1, 0.15) is 5.75 Å². The minimum absolute atomic E-state index is 0.0778. The van der Waals surface area contributed by atoms with Gasteiger partial charge in [-0.25, -0.2) is 0 Å². The molecule has 11 heteroatoms. The lowest BCUT2D eigenvalue weighted by molar-refractivity contribution is -0.153. The minimum Gasteiger partial charge on any atom is -0.482 e. The van der Waals surface area contributed by atoms with E-state index in [-0.39, 0.29) is 28.3 Å². The monoisotopic (exact) mass is 443 g/mol. The molecular weight excluding hydrogens is 431 g/mol. The van der Waals surface area contributed by atoms with Gasteiger partial charge in [0, 0.05) is 10.6 Å². The molecule has 0 radical (unpaired) electrons. The molecule has 0 aliphatic carbocycles. The molecule has 0 fully saturated rings. The third-order valence-electron chi connectivity index (χ3n) is 3.38. The molecule has 0 aliphatic heterocycles. The van der Waals surface area contributed by atoms with Crippen molar-refractivity contribution < 1.29 is 27.1 Å². The largest absolute Gasteiger partial charge is 0.482 e. The molecule has 1 heterocycles. The van der Waals surface area contributed by atoms with Crippen LogP contribution < -0.4 is 10.1 Å². The van der Waals surface area contributed by atoms with Gasteiger partial charge in [0.25, 0.3) is 5.22 Å². The molecule has 1 N–H and O–H groups in total. The van der Waals surface area contributed by atoms with E-state index >= 15 is 0 Å². The van der Waals surface area contributed by atoms with Crippen LogP contribution in [0.3, 0.4) is 0 Å². The number of carbonyl (C=O) groups is 1. The second-order valence-corrected chi connectivity index (χ2v) is 6.98. The van der Waals surface area contributed by atoms with Crippen LogP contribution >= 0.6 is 23.4 Å². The highest BCUT2D eigenvalue weighted by Gasteiger charge is 2.28. The number of nitrogens with zero attached hydrogens (tertiary/aromatic N) is 2. The van der Waals surface area contributed by atoms with Crippen molar-refractivity contribution in [3.63, 3.8) is 0 Å². The van der Waals surface area contributed by atoms with Crippen molar-refractivity contribution in [1.82, 2.24) is 10.2 Å². The van der Waals surface area contributed by atoms with Crippen LogP contribution in [0.1, 0.15) is 0 Å². The summed E-state index contributed by atoms with van der Waals surface area (Å²) in [7, 11) is 0. The number of nitrogens with one attached hydrogen (secondary N) is 1. The minimum atomic E-state index is -4.48. The van der Waals surface area contributed by atoms with Crippen LogP contribution in [-0.4, -0.2) is 34.6 Å². The summed E-state index contributed by atoms with van der Waals surface area (Å²) in [6.07, 6.45) is -4.48. The van der Waals surface area contributed by atoms with Crippen LogP contribution in [0.2, 0.25) is 5.02 Å². The fourth-order valence-corrected chi connectivity index (χ4v) is 2.84. The van der Waals surface area contributed by atoms with Crippen LogP contribution in [-0.2, 0) is 4.79 Å². The van der Waals surface area contributed by atoms with Crippen molar-refractivity contribution in [1.29, 1.82) is 0 Å². The standard InChI is InChI=1S/C18H13ClF3N3O3S/c19-12-7-5-11(6-8-12)16-24-25-17(28-16)29-9-15(26)23-13-3-1-2-4-14(13)27-10-18(20,21)22/h1-8H,9-10H2,(H,23,26). The van der Waals surface area contributed by atoms with Gasteiger partial charge in [0.2, 0.25) is 11.8 Å². The summed E-state index contributed by atoms with van der Waals surface area (Å²) in [6, 6.07) is 12.7. The van der Waals surface area contributed by atoms with E-state index in [1.807, 2.05) is 0 Å². The second kappa shape index (κ2) is 9.19. The van der Waals surface area contributed by atoms with Crippen LogP contribution in [0.15, 0.2) is 58.2 Å². The SMILES string of the molecule is O=C(CSc1nnc(-c2ccc(Cl)cc2)o1)Nc1ccccc1OCC(F)(F)F. The molecule has 1 aromatic heterocycles. The zero-order valence-electron chi connectivity index (χ0n) is 14.6. The molecule has 3 aromatic rings. The van der Waals surface area contributed by atoms with Crippen molar-refractivity contribution in [3.8, 4) is 17.2 Å². The molecule has 3 rings (SSSR count). The lowest BCUT2D eigenvalue weighted by Gasteiger charge is -2.13. The average molecular weight is 444 g/mol. The first kappa shape index (κ1) is 21.0. The summed E-state index contributed by atoms with van der Waals surface area (Å²) in [5.74, 6) is -0.360. The summed E-state index contributed by atoms with van der Waals surface area (Å²) < 4.78 is 47.2. The van der Waals surface area contributed by atoms with Crippen LogP contribution in [0.4, 0.5) is 18.9 Å². The van der Waals surface area contributed by atoms with Crippen molar-refractivity contribution in [3.05, 3.63) is 53.6 Å². The molecule has 152 valence electrons. The Morgan fingerprint density at radius 3 is 2.59 bits per heavy atom. The van der Waals surface area contributed by atoms with Gasteiger partial charge in [0.15, 0.2) is 6.61 Å². The first-order chi connectivity index (χ1) is 13.8. The summed E-state index contributed by atoms with van der Waals surface area (Å²) in [6.45, 7) is -1.45. The Morgan fingerprint density at radius 1 is 1.14 bits per heavy atom. The molecular formula is C18H13ClF3N3O3S. The fourth-order valence-electron chi connectivity index (χ4n) is 2.15. The third-order valence-corrected chi connectivity index (χ3v) is 4.45. The quantitative estimate of drug-likeness (QED) is 0.514. The summed E-state index contributed by atoms with van der Waals surface area (Å²) >= 11 is 6.82. The first-order valence-electron chi connectivity index (χ1n) is 8.11. The predicted molar refractivity (Wildman–Crippen MR) is 102 cm³/mol. The molecule has 0 atom stereocenters. The predicted octanol–water partition coefficient (Wildman–Crippen LogP) is 5.06. The van der Waals surface area contributed by atoms with Crippen molar-refractivity contribution in [2.75, 3.05) is 17.7 Å². The van der Waals surface area contributed by atoms with Gasteiger partial charge < -0.3 is 14.5 Å². The molecule has 29 heavy (non-hydrogen) atoms. The molecule has 2 aromatic carbocycles. The van der Waals surface area contributed by atoms with E-state index in [0.717, 1.165) is 11.8 Å². The van der Waals surface area contributed by atoms with E-state index < -0.39 is 18.7 Å². The summed E-state index contributed by atoms with van der Waals surface area (Å²) in [4.78, 5) is 12.1. The van der Waals surface area contributed by atoms with Gasteiger partial charge in [0.05, 0.1) is 11.4 Å². The molecule has 0 unspecified atom stereocenters. The lowest BCUT2D eigenvalue weighted by atomic mass is 10.2. The Hall–Kier alpha value is -2.72. The van der Waals surface area contributed by atoms with E-state index in [1.165, 1.54) is 18.2 Å². The number of hydrogen-bond donors (Lipinski definition) is 1. The lowest BCUT2D eigenvalue weighted by Crippen LogP contribution is -2.20. The highest BCUT2D eigenvalue weighted by Crippen LogP contribution is 2.28. The molecule has 6 nitrogen and oxygen atoms in total. The highest BCUT2D eigenvalue weighted by atomic mass is 35.5. The topological polar surface area (TPSA) is 77.2 Å². The second-order valence-electron chi connectivity index (χ2n) is 5.62. The van der Waals surface area contributed by atoms with Gasteiger partial charge in [-0.2, -0.15) is 13.2 Å². The van der Waals surface area contributed by atoms with Crippen LogP contribution in [0, 0.1) is 0 Å². The number of para-hydroxylation sites is 2. The number of ether oxygens (including phenoxy) is 1. The number of alkyl halides is 3. The van der Waals surface area contributed by atoms with E-state index in [4.69, 9.17) is 20.8 Å². The number of benzene rings is 2. The Morgan fingerprint density at radius 2 is 1.86 bits per heavy atom. The van der Waals surface area contributed by atoms with Gasteiger partial charge in [-0.1, -0.05) is 35.5 Å². The number of halogens is 4. The maximum absolute atomic E-state index is 12.3. The van der Waals surface area contributed by atoms with Crippen molar-refractivity contribution >= 4 is 35.0 Å². The first-order valence-corrected chi connectivity index (χ1v) is 9.47. The molecule has 0 bridgehead atoms. The van der Waals surface area contributed by atoms with Gasteiger partial charge in [-0.05, 0) is 36.4 Å². The average Bonchev–Trinajstić information content (AvgIpc) is 3.15. The maximum atomic E-state index is 12.3. The van der Waals surface area contributed by atoms with E-state index in [9.17, 15) is 18.0 Å². The fraction of sp³-hybridized carbons (Fsp3) is 0.167. The maximum Gasteiger partial charge on any atom is 0.422 e. The number of anilines is 1. The number of hydrogen-bond acceptors (Lipinski definition) is 6. The molecule has 0 aliphatic rings. The van der Waals surface area contributed by atoms with Crippen molar-refractivity contribution in [2.24, 2.45) is 0 Å². The molecule has 0 spiro atoms. The third kappa shape index (κ3) is 6.40. The van der Waals surface area contributed by atoms with E-state index in [1.54, 1.807) is 30.3 Å². The van der Waals surface area contributed by atoms with Gasteiger partial charge in [-0.15, -0.1) is 10.2 Å². The number of amides is 1. The van der Waals surface area contributed by atoms with Gasteiger partial charge in [-0.3, -0.25) is 4.79 Å². The van der Waals surface area contributed by atoms with Crippen LogP contribution in [0.5, 0.6) is 5.75 Å². The number of carbonyl (C=O) groups excluding carboxylic acids is 1. The smallest absolute Gasteiger partial charge is 0.422 e. The van der Waals surface area contributed by atoms with Crippen molar-refractivity contribution in [2.45, 2.75) is 11.4 Å². The Balaban J connectivity index is 1.56. The highest BCUT2D eigenvalue weighted by molar-refractivity contribution is 7.99. The Bertz CT molecular complexity index is 980. The van der Waals surface area contributed by atoms with Crippen LogP contribution in [0.25, 0.3) is 11.5 Å². The Kier molecular flexibility index (Phi) is 6.65. The molecule has 0 saturated carbocycles.